The zero-order valence-corrected chi connectivity index (χ0v) is 9.87. The molecule has 0 atom stereocenters. The molecule has 0 unspecified atom stereocenters. The maximum atomic E-state index is 10.6. The van der Waals surface area contributed by atoms with Crippen LogP contribution in [0, 0.1) is 10.1 Å². The molecular formula is C14H14N2O2. The minimum absolute atomic E-state index is 0.107. The van der Waals surface area contributed by atoms with E-state index < -0.39 is 4.92 Å². The highest BCUT2D eigenvalue weighted by Gasteiger charge is 2.07. The van der Waals surface area contributed by atoms with Crippen molar-refractivity contribution in [3.05, 3.63) is 64.2 Å². The van der Waals surface area contributed by atoms with Crippen molar-refractivity contribution in [2.24, 2.45) is 5.73 Å². The minimum atomic E-state index is -0.393. The van der Waals surface area contributed by atoms with Crippen LogP contribution < -0.4 is 5.73 Å². The molecule has 0 amide bonds. The van der Waals surface area contributed by atoms with E-state index in [2.05, 4.69) is 0 Å². The van der Waals surface area contributed by atoms with Crippen LogP contribution in [-0.2, 0) is 6.42 Å². The van der Waals surface area contributed by atoms with Gasteiger partial charge in [0.15, 0.2) is 0 Å². The van der Waals surface area contributed by atoms with Crippen LogP contribution in [0.5, 0.6) is 0 Å². The van der Waals surface area contributed by atoms with Crippen molar-refractivity contribution >= 4 is 5.69 Å². The van der Waals surface area contributed by atoms with Gasteiger partial charge in [-0.15, -0.1) is 0 Å². The summed E-state index contributed by atoms with van der Waals surface area (Å²) in [7, 11) is 0. The lowest BCUT2D eigenvalue weighted by Crippen LogP contribution is -2.03. The van der Waals surface area contributed by atoms with Gasteiger partial charge in [0, 0.05) is 12.1 Å². The number of nitrogens with zero attached hydrogens (tertiary/aromatic N) is 1. The number of hydrogen-bond acceptors (Lipinski definition) is 3. The van der Waals surface area contributed by atoms with Crippen LogP contribution in [0.15, 0.2) is 48.5 Å². The molecule has 4 nitrogen and oxygen atoms in total. The van der Waals surface area contributed by atoms with Crippen molar-refractivity contribution in [2.45, 2.75) is 6.42 Å². The number of rotatable bonds is 4. The molecule has 4 heteroatoms. The van der Waals surface area contributed by atoms with E-state index in [1.807, 2.05) is 24.3 Å². The summed E-state index contributed by atoms with van der Waals surface area (Å²) in [6.07, 6.45) is 0.799. The highest BCUT2D eigenvalue weighted by molar-refractivity contribution is 5.68. The van der Waals surface area contributed by atoms with Gasteiger partial charge in [-0.1, -0.05) is 24.3 Å². The first-order valence-electron chi connectivity index (χ1n) is 5.75. The topological polar surface area (TPSA) is 69.2 Å². The fourth-order valence-electron chi connectivity index (χ4n) is 1.94. The molecule has 0 aliphatic rings. The smallest absolute Gasteiger partial charge is 0.269 e. The molecular weight excluding hydrogens is 228 g/mol. The summed E-state index contributed by atoms with van der Waals surface area (Å²) >= 11 is 0. The lowest BCUT2D eigenvalue weighted by atomic mass is 9.97. The van der Waals surface area contributed by atoms with Crippen molar-refractivity contribution in [1.82, 2.24) is 0 Å². The lowest BCUT2D eigenvalue weighted by Gasteiger charge is -2.08. The average molecular weight is 242 g/mol. The van der Waals surface area contributed by atoms with Crippen molar-refractivity contribution in [2.75, 3.05) is 6.54 Å². The second-order valence-corrected chi connectivity index (χ2v) is 4.00. The summed E-state index contributed by atoms with van der Waals surface area (Å²) in [6.45, 7) is 0.587. The van der Waals surface area contributed by atoms with Gasteiger partial charge >= 0.3 is 0 Å². The largest absolute Gasteiger partial charge is 0.330 e. The third-order valence-corrected chi connectivity index (χ3v) is 2.82. The van der Waals surface area contributed by atoms with Crippen LogP contribution >= 0.6 is 0 Å². The fraction of sp³-hybridized carbons (Fsp3) is 0.143. The molecule has 0 saturated carbocycles. The molecule has 0 radical (unpaired) electrons. The van der Waals surface area contributed by atoms with E-state index in [4.69, 9.17) is 5.73 Å². The van der Waals surface area contributed by atoms with Gasteiger partial charge in [0.25, 0.3) is 5.69 Å². The van der Waals surface area contributed by atoms with Crippen LogP contribution in [0.25, 0.3) is 11.1 Å². The van der Waals surface area contributed by atoms with Gasteiger partial charge in [-0.05, 0) is 41.8 Å². The molecule has 2 aromatic rings. The monoisotopic (exact) mass is 242 g/mol. The van der Waals surface area contributed by atoms with Gasteiger partial charge in [-0.25, -0.2) is 0 Å². The van der Waals surface area contributed by atoms with Gasteiger partial charge in [-0.3, -0.25) is 10.1 Å². The summed E-state index contributed by atoms with van der Waals surface area (Å²) in [5.41, 5.74) is 8.91. The molecule has 0 saturated heterocycles. The standard InChI is InChI=1S/C14H14N2O2/c15-10-9-11-3-1-2-4-14(11)12-5-7-13(8-6-12)16(17)18/h1-8H,9-10,15H2. The number of nitro groups is 1. The van der Waals surface area contributed by atoms with Crippen LogP contribution in [0.1, 0.15) is 5.56 Å². The second kappa shape index (κ2) is 5.42. The number of nitrogens with two attached hydrogens (primary N) is 1. The Labute approximate surface area is 105 Å². The Balaban J connectivity index is 2.39. The van der Waals surface area contributed by atoms with Crippen molar-refractivity contribution in [1.29, 1.82) is 0 Å². The van der Waals surface area contributed by atoms with E-state index in [1.54, 1.807) is 12.1 Å². The predicted octanol–water partition coefficient (Wildman–Crippen LogP) is 2.76. The molecule has 92 valence electrons. The van der Waals surface area contributed by atoms with Gasteiger partial charge in [0.1, 0.15) is 0 Å². The molecule has 0 spiro atoms. The van der Waals surface area contributed by atoms with Crippen molar-refractivity contribution in [3.8, 4) is 11.1 Å². The second-order valence-electron chi connectivity index (χ2n) is 4.00. The summed E-state index contributed by atoms with van der Waals surface area (Å²) < 4.78 is 0. The first-order chi connectivity index (χ1) is 8.72. The Bertz CT molecular complexity index is 550. The molecule has 0 aliphatic heterocycles. The molecule has 0 fully saturated rings. The lowest BCUT2D eigenvalue weighted by molar-refractivity contribution is -0.384. The van der Waals surface area contributed by atoms with E-state index in [0.717, 1.165) is 23.1 Å². The Morgan fingerprint density at radius 3 is 2.33 bits per heavy atom. The molecule has 18 heavy (non-hydrogen) atoms. The number of nitro benzene ring substituents is 1. The Hall–Kier alpha value is -2.20. The van der Waals surface area contributed by atoms with E-state index in [1.165, 1.54) is 12.1 Å². The summed E-state index contributed by atoms with van der Waals surface area (Å²) in [4.78, 5) is 10.2. The van der Waals surface area contributed by atoms with Crippen LogP contribution in [0.4, 0.5) is 5.69 Å². The summed E-state index contributed by atoms with van der Waals surface area (Å²) in [5, 5.41) is 10.6. The fourth-order valence-corrected chi connectivity index (χ4v) is 1.94. The van der Waals surface area contributed by atoms with Crippen LogP contribution in [0.3, 0.4) is 0 Å². The zero-order chi connectivity index (χ0) is 13.0. The highest BCUT2D eigenvalue weighted by Crippen LogP contribution is 2.25. The van der Waals surface area contributed by atoms with Gasteiger partial charge < -0.3 is 5.73 Å². The Morgan fingerprint density at radius 2 is 1.72 bits per heavy atom. The minimum Gasteiger partial charge on any atom is -0.330 e. The summed E-state index contributed by atoms with van der Waals surface area (Å²) in [6, 6.07) is 14.6. The molecule has 0 aliphatic carbocycles. The highest BCUT2D eigenvalue weighted by atomic mass is 16.6. The number of hydrogen-bond donors (Lipinski definition) is 1. The van der Waals surface area contributed by atoms with Crippen molar-refractivity contribution in [3.63, 3.8) is 0 Å². The maximum Gasteiger partial charge on any atom is 0.269 e. The SMILES string of the molecule is NCCc1ccccc1-c1ccc([N+](=O)[O-])cc1. The van der Waals surface area contributed by atoms with Gasteiger partial charge in [-0.2, -0.15) is 0 Å². The van der Waals surface area contributed by atoms with E-state index in [-0.39, 0.29) is 5.69 Å². The quantitative estimate of drug-likeness (QED) is 0.662. The predicted molar refractivity (Wildman–Crippen MR) is 71.3 cm³/mol. The molecule has 0 heterocycles. The number of non-ortho nitro benzene ring substituents is 1. The van der Waals surface area contributed by atoms with Gasteiger partial charge in [0.05, 0.1) is 4.92 Å². The zero-order valence-electron chi connectivity index (χ0n) is 9.87. The van der Waals surface area contributed by atoms with E-state index in [9.17, 15) is 10.1 Å². The van der Waals surface area contributed by atoms with E-state index in [0.29, 0.717) is 6.54 Å². The van der Waals surface area contributed by atoms with Crippen molar-refractivity contribution < 1.29 is 4.92 Å². The number of benzene rings is 2. The first kappa shape index (κ1) is 12.3. The third-order valence-electron chi connectivity index (χ3n) is 2.82. The molecule has 0 aromatic heterocycles. The normalized spacial score (nSPS) is 10.3. The Morgan fingerprint density at radius 1 is 1.06 bits per heavy atom. The van der Waals surface area contributed by atoms with Crippen LogP contribution in [0.2, 0.25) is 0 Å². The summed E-state index contributed by atoms with van der Waals surface area (Å²) in [5.74, 6) is 0. The molecule has 2 aromatic carbocycles. The van der Waals surface area contributed by atoms with Crippen LogP contribution in [-0.4, -0.2) is 11.5 Å². The molecule has 0 bridgehead atoms. The molecule has 2 N–H and O–H groups in total. The maximum absolute atomic E-state index is 10.6. The Kier molecular flexibility index (Phi) is 3.69. The third kappa shape index (κ3) is 2.55. The average Bonchev–Trinajstić information content (AvgIpc) is 2.40. The van der Waals surface area contributed by atoms with Gasteiger partial charge in [0.2, 0.25) is 0 Å². The first-order valence-corrected chi connectivity index (χ1v) is 5.75. The molecule has 2 rings (SSSR count). The van der Waals surface area contributed by atoms with E-state index >= 15 is 0 Å².